The summed E-state index contributed by atoms with van der Waals surface area (Å²) in [7, 11) is 3.81. The molecule has 1 saturated heterocycles. The van der Waals surface area contributed by atoms with Gasteiger partial charge in [-0.1, -0.05) is 19.9 Å². The van der Waals surface area contributed by atoms with Crippen LogP contribution < -0.4 is 15.5 Å². The minimum atomic E-state index is 0.0834. The molecule has 0 aromatic carbocycles. The Balaban J connectivity index is 1.54. The van der Waals surface area contributed by atoms with Crippen LogP contribution in [0.4, 0.5) is 5.69 Å². The van der Waals surface area contributed by atoms with Crippen molar-refractivity contribution in [3.8, 4) is 0 Å². The van der Waals surface area contributed by atoms with Crippen molar-refractivity contribution >= 4 is 23.0 Å². The number of piperidine rings is 1. The summed E-state index contributed by atoms with van der Waals surface area (Å²) in [5, 5.41) is 13.6. The zero-order valence-electron chi connectivity index (χ0n) is 16.2. The first-order valence-electron chi connectivity index (χ1n) is 9.23. The Morgan fingerprint density at radius 3 is 2.96 bits per heavy atom. The minimum absolute atomic E-state index is 0.0834. The monoisotopic (exact) mass is 374 g/mol. The summed E-state index contributed by atoms with van der Waals surface area (Å²) in [5.41, 5.74) is 1.28. The molecule has 2 N–H and O–H groups in total. The zero-order valence-corrected chi connectivity index (χ0v) is 17.0. The summed E-state index contributed by atoms with van der Waals surface area (Å²) in [6, 6.07) is 4.71. The molecular weight excluding hydrogens is 344 g/mol. The van der Waals surface area contributed by atoms with Gasteiger partial charge in [-0.05, 0) is 24.3 Å². The van der Waals surface area contributed by atoms with Crippen LogP contribution >= 0.6 is 11.3 Å². The molecule has 1 fully saturated rings. The van der Waals surface area contributed by atoms with E-state index in [-0.39, 0.29) is 5.41 Å². The number of hydrogen-bond acceptors (Lipinski definition) is 4. The summed E-state index contributed by atoms with van der Waals surface area (Å²) >= 11 is 1.81. The molecule has 2 aromatic rings. The molecule has 3 rings (SSSR count). The Labute approximate surface area is 160 Å². The van der Waals surface area contributed by atoms with Crippen LogP contribution in [-0.2, 0) is 12.5 Å². The SMILES string of the molecule is CN=C(NCC(C)(C)c1cccs1)NC1CCCN(c2cnn(C)c2)C1. The highest BCUT2D eigenvalue weighted by molar-refractivity contribution is 7.10. The fraction of sp³-hybridized carbons (Fsp3) is 0.579. The molecule has 0 aliphatic carbocycles. The molecule has 1 unspecified atom stereocenters. The summed E-state index contributed by atoms with van der Waals surface area (Å²) in [5.74, 6) is 0.882. The van der Waals surface area contributed by atoms with Crippen LogP contribution in [0.1, 0.15) is 31.6 Å². The molecule has 0 radical (unpaired) electrons. The van der Waals surface area contributed by atoms with Gasteiger partial charge in [-0.25, -0.2) is 0 Å². The van der Waals surface area contributed by atoms with Gasteiger partial charge in [0.2, 0.25) is 0 Å². The van der Waals surface area contributed by atoms with E-state index in [4.69, 9.17) is 0 Å². The maximum Gasteiger partial charge on any atom is 0.191 e. The van der Waals surface area contributed by atoms with Crippen LogP contribution in [0.25, 0.3) is 0 Å². The van der Waals surface area contributed by atoms with Crippen LogP contribution in [0.15, 0.2) is 34.9 Å². The highest BCUT2D eigenvalue weighted by Crippen LogP contribution is 2.26. The van der Waals surface area contributed by atoms with Crippen LogP contribution in [0, 0.1) is 0 Å². The van der Waals surface area contributed by atoms with Gasteiger partial charge in [0.25, 0.3) is 0 Å². The van der Waals surface area contributed by atoms with E-state index in [1.165, 1.54) is 17.0 Å². The summed E-state index contributed by atoms with van der Waals surface area (Å²) in [4.78, 5) is 8.22. The Morgan fingerprint density at radius 1 is 1.46 bits per heavy atom. The average Bonchev–Trinajstić information content (AvgIpc) is 3.31. The summed E-state index contributed by atoms with van der Waals surface area (Å²) in [6.07, 6.45) is 6.36. The molecule has 0 spiro atoms. The topological polar surface area (TPSA) is 57.5 Å². The number of nitrogens with one attached hydrogen (secondary N) is 2. The number of aromatic nitrogens is 2. The third-order valence-electron chi connectivity index (χ3n) is 4.93. The highest BCUT2D eigenvalue weighted by Gasteiger charge is 2.24. The Kier molecular flexibility index (Phi) is 5.86. The molecule has 6 nitrogen and oxygen atoms in total. The Bertz CT molecular complexity index is 718. The molecule has 1 aliphatic heterocycles. The molecule has 0 saturated carbocycles. The standard InChI is InChI=1S/C19H30N6S/c1-19(2,17-8-6-10-26-17)14-21-18(20-3)23-15-7-5-9-25(12-15)16-11-22-24(4)13-16/h6,8,10-11,13,15H,5,7,9,12,14H2,1-4H3,(H2,20,21,23). The smallest absolute Gasteiger partial charge is 0.191 e. The second-order valence-corrected chi connectivity index (χ2v) is 8.54. The molecular formula is C19H30N6S. The van der Waals surface area contributed by atoms with Crippen LogP contribution in [0.3, 0.4) is 0 Å². The number of thiophene rings is 1. The number of guanidine groups is 1. The van der Waals surface area contributed by atoms with E-state index in [1.807, 2.05) is 36.3 Å². The maximum atomic E-state index is 4.43. The molecule has 3 heterocycles. The van der Waals surface area contributed by atoms with E-state index < -0.39 is 0 Å². The Morgan fingerprint density at radius 2 is 2.31 bits per heavy atom. The van der Waals surface area contributed by atoms with E-state index >= 15 is 0 Å². The van der Waals surface area contributed by atoms with Gasteiger partial charge in [0, 0.05) is 56.3 Å². The maximum absolute atomic E-state index is 4.43. The van der Waals surface area contributed by atoms with Gasteiger partial charge in [-0.3, -0.25) is 9.67 Å². The second kappa shape index (κ2) is 8.12. The van der Waals surface area contributed by atoms with Crippen molar-refractivity contribution in [3.05, 3.63) is 34.8 Å². The predicted molar refractivity (Wildman–Crippen MR) is 110 cm³/mol. The van der Waals surface area contributed by atoms with Crippen LogP contribution in [0.2, 0.25) is 0 Å². The molecule has 0 amide bonds. The lowest BCUT2D eigenvalue weighted by Gasteiger charge is -2.35. The van der Waals surface area contributed by atoms with Gasteiger partial charge in [0.15, 0.2) is 5.96 Å². The number of aliphatic imine (C=N–C) groups is 1. The van der Waals surface area contributed by atoms with Crippen molar-refractivity contribution in [2.75, 3.05) is 31.6 Å². The summed E-state index contributed by atoms with van der Waals surface area (Å²) in [6.45, 7) is 7.45. The first-order valence-corrected chi connectivity index (χ1v) is 10.1. The van der Waals surface area contributed by atoms with Gasteiger partial charge >= 0.3 is 0 Å². The van der Waals surface area contributed by atoms with Crippen molar-refractivity contribution in [3.63, 3.8) is 0 Å². The molecule has 2 aromatic heterocycles. The van der Waals surface area contributed by atoms with Crippen molar-refractivity contribution in [2.45, 2.75) is 38.1 Å². The van der Waals surface area contributed by atoms with Gasteiger partial charge in [0.05, 0.1) is 11.9 Å². The quantitative estimate of drug-likeness (QED) is 0.624. The largest absolute Gasteiger partial charge is 0.367 e. The van der Waals surface area contributed by atoms with Crippen molar-refractivity contribution in [1.82, 2.24) is 20.4 Å². The highest BCUT2D eigenvalue weighted by atomic mass is 32.1. The number of rotatable bonds is 5. The van der Waals surface area contributed by atoms with Crippen molar-refractivity contribution < 1.29 is 0 Å². The van der Waals surface area contributed by atoms with Crippen molar-refractivity contribution in [1.29, 1.82) is 0 Å². The van der Waals surface area contributed by atoms with E-state index in [0.29, 0.717) is 6.04 Å². The molecule has 26 heavy (non-hydrogen) atoms. The number of hydrogen-bond donors (Lipinski definition) is 2. The van der Waals surface area contributed by atoms with Gasteiger partial charge in [0.1, 0.15) is 0 Å². The second-order valence-electron chi connectivity index (χ2n) is 7.59. The Hall–Kier alpha value is -2.02. The van der Waals surface area contributed by atoms with Crippen LogP contribution in [0.5, 0.6) is 0 Å². The zero-order chi connectivity index (χ0) is 18.6. The van der Waals surface area contributed by atoms with E-state index in [1.54, 1.807) is 0 Å². The lowest BCUT2D eigenvalue weighted by Crippen LogP contribution is -2.52. The fourth-order valence-electron chi connectivity index (χ4n) is 3.34. The van der Waals surface area contributed by atoms with Gasteiger partial charge in [-0.15, -0.1) is 11.3 Å². The molecule has 1 atom stereocenters. The third-order valence-corrected chi connectivity index (χ3v) is 6.16. The third kappa shape index (κ3) is 4.58. The first-order chi connectivity index (χ1) is 12.5. The van der Waals surface area contributed by atoms with E-state index in [9.17, 15) is 0 Å². The van der Waals surface area contributed by atoms with Gasteiger partial charge < -0.3 is 15.5 Å². The van der Waals surface area contributed by atoms with E-state index in [0.717, 1.165) is 32.0 Å². The van der Waals surface area contributed by atoms with E-state index in [2.05, 4.69) is 63.2 Å². The number of aryl methyl sites for hydroxylation is 1. The molecule has 1 aliphatic rings. The minimum Gasteiger partial charge on any atom is -0.367 e. The number of nitrogens with zero attached hydrogens (tertiary/aromatic N) is 4. The first kappa shape index (κ1) is 18.8. The molecule has 0 bridgehead atoms. The van der Waals surface area contributed by atoms with Gasteiger partial charge in [-0.2, -0.15) is 5.10 Å². The van der Waals surface area contributed by atoms with Crippen molar-refractivity contribution in [2.24, 2.45) is 12.0 Å². The molecule has 7 heteroatoms. The van der Waals surface area contributed by atoms with Crippen LogP contribution in [-0.4, -0.2) is 48.5 Å². The summed E-state index contributed by atoms with van der Waals surface area (Å²) < 4.78 is 1.86. The molecule has 142 valence electrons. The average molecular weight is 375 g/mol. The lowest BCUT2D eigenvalue weighted by atomic mass is 9.91. The number of anilines is 1. The normalized spacial score (nSPS) is 18.8. The predicted octanol–water partition coefficient (Wildman–Crippen LogP) is 2.59. The fourth-order valence-corrected chi connectivity index (χ4v) is 4.20. The lowest BCUT2D eigenvalue weighted by molar-refractivity contribution is 0.461.